The fourth-order valence-corrected chi connectivity index (χ4v) is 3.52. The van der Waals surface area contributed by atoms with E-state index in [9.17, 15) is 8.42 Å². The Kier molecular flexibility index (Phi) is 5.28. The number of likely N-dealkylation sites (tertiary alicyclic amines) is 1. The minimum atomic E-state index is -3.55. The van der Waals surface area contributed by atoms with Crippen LogP contribution in [0.5, 0.6) is 0 Å². The highest BCUT2D eigenvalue weighted by atomic mass is 32.2. The van der Waals surface area contributed by atoms with Crippen molar-refractivity contribution in [2.24, 2.45) is 5.92 Å². The molecule has 6 nitrogen and oxygen atoms in total. The SMILES string of the molecule is CC(CNS(=O)(=O)c1ccc(C#N)nc1)CN1CCCC1. The summed E-state index contributed by atoms with van der Waals surface area (Å²) in [4.78, 5) is 6.24. The summed E-state index contributed by atoms with van der Waals surface area (Å²) in [7, 11) is -3.55. The van der Waals surface area contributed by atoms with Crippen molar-refractivity contribution in [2.45, 2.75) is 24.7 Å². The smallest absolute Gasteiger partial charge is 0.242 e. The minimum Gasteiger partial charge on any atom is -0.303 e. The van der Waals surface area contributed by atoms with Crippen molar-refractivity contribution in [1.29, 1.82) is 5.26 Å². The highest BCUT2D eigenvalue weighted by Crippen LogP contribution is 2.11. The van der Waals surface area contributed by atoms with E-state index in [4.69, 9.17) is 5.26 Å². The highest BCUT2D eigenvalue weighted by molar-refractivity contribution is 7.89. The average molecular weight is 308 g/mol. The van der Waals surface area contributed by atoms with E-state index in [1.807, 2.05) is 13.0 Å². The van der Waals surface area contributed by atoms with Crippen molar-refractivity contribution < 1.29 is 8.42 Å². The van der Waals surface area contributed by atoms with Crippen LogP contribution in [-0.4, -0.2) is 44.5 Å². The Bertz CT molecular complexity index is 601. The van der Waals surface area contributed by atoms with Gasteiger partial charge in [-0.15, -0.1) is 0 Å². The molecule has 1 fully saturated rings. The summed E-state index contributed by atoms with van der Waals surface area (Å²) < 4.78 is 26.9. The van der Waals surface area contributed by atoms with Gasteiger partial charge >= 0.3 is 0 Å². The van der Waals surface area contributed by atoms with Gasteiger partial charge in [0.15, 0.2) is 0 Å². The molecule has 7 heteroatoms. The van der Waals surface area contributed by atoms with E-state index < -0.39 is 10.0 Å². The predicted octanol–water partition coefficient (Wildman–Crippen LogP) is 0.963. The van der Waals surface area contributed by atoms with E-state index in [-0.39, 0.29) is 16.5 Å². The molecule has 0 amide bonds. The molecule has 1 aromatic rings. The summed E-state index contributed by atoms with van der Waals surface area (Å²) in [5.41, 5.74) is 0.205. The van der Waals surface area contributed by atoms with Gasteiger partial charge < -0.3 is 4.90 Å². The predicted molar refractivity (Wildman–Crippen MR) is 79.0 cm³/mol. The second-order valence-corrected chi connectivity index (χ2v) is 7.22. The number of hydrogen-bond acceptors (Lipinski definition) is 5. The Labute approximate surface area is 125 Å². The zero-order valence-electron chi connectivity index (χ0n) is 12.1. The Morgan fingerprint density at radius 1 is 1.43 bits per heavy atom. The third-order valence-corrected chi connectivity index (χ3v) is 4.96. The maximum atomic E-state index is 12.1. The summed E-state index contributed by atoms with van der Waals surface area (Å²) in [5, 5.41) is 8.66. The Morgan fingerprint density at radius 3 is 2.71 bits per heavy atom. The molecule has 1 unspecified atom stereocenters. The van der Waals surface area contributed by atoms with Crippen LogP contribution < -0.4 is 4.72 Å². The quantitative estimate of drug-likeness (QED) is 0.846. The second-order valence-electron chi connectivity index (χ2n) is 5.46. The molecule has 21 heavy (non-hydrogen) atoms. The summed E-state index contributed by atoms with van der Waals surface area (Å²) in [6.07, 6.45) is 3.68. The van der Waals surface area contributed by atoms with E-state index in [0.717, 1.165) is 19.6 Å². The lowest BCUT2D eigenvalue weighted by molar-refractivity contribution is 0.288. The minimum absolute atomic E-state index is 0.0925. The van der Waals surface area contributed by atoms with Crippen LogP contribution in [0.2, 0.25) is 0 Å². The van der Waals surface area contributed by atoms with Crippen LogP contribution in [0.1, 0.15) is 25.5 Å². The van der Waals surface area contributed by atoms with Gasteiger partial charge in [0, 0.05) is 19.3 Å². The van der Waals surface area contributed by atoms with Gasteiger partial charge in [0.25, 0.3) is 0 Å². The molecule has 1 aromatic heterocycles. The van der Waals surface area contributed by atoms with Crippen LogP contribution in [0, 0.1) is 17.2 Å². The highest BCUT2D eigenvalue weighted by Gasteiger charge is 2.18. The molecule has 1 saturated heterocycles. The monoisotopic (exact) mass is 308 g/mol. The topological polar surface area (TPSA) is 86.1 Å². The molecule has 0 aliphatic carbocycles. The maximum Gasteiger partial charge on any atom is 0.242 e. The number of pyridine rings is 1. The molecule has 1 atom stereocenters. The van der Waals surface area contributed by atoms with Crippen molar-refractivity contribution in [3.05, 3.63) is 24.0 Å². The van der Waals surface area contributed by atoms with Crippen molar-refractivity contribution in [1.82, 2.24) is 14.6 Å². The van der Waals surface area contributed by atoms with Gasteiger partial charge in [-0.05, 0) is 44.0 Å². The van der Waals surface area contributed by atoms with Crippen molar-refractivity contribution >= 4 is 10.0 Å². The zero-order valence-corrected chi connectivity index (χ0v) is 12.9. The first kappa shape index (κ1) is 15.9. The summed E-state index contributed by atoms with van der Waals surface area (Å²) in [6.45, 7) is 5.57. The fraction of sp³-hybridized carbons (Fsp3) is 0.571. The first-order valence-electron chi connectivity index (χ1n) is 7.09. The lowest BCUT2D eigenvalue weighted by Crippen LogP contribution is -2.34. The van der Waals surface area contributed by atoms with Gasteiger partial charge in [-0.2, -0.15) is 5.26 Å². The molecule has 114 valence electrons. The van der Waals surface area contributed by atoms with Crippen LogP contribution in [0.15, 0.2) is 23.2 Å². The van der Waals surface area contributed by atoms with Gasteiger partial charge in [0.2, 0.25) is 10.0 Å². The normalized spacial score (nSPS) is 17.5. The Hall–Kier alpha value is -1.49. The van der Waals surface area contributed by atoms with Crippen molar-refractivity contribution in [2.75, 3.05) is 26.2 Å². The lowest BCUT2D eigenvalue weighted by Gasteiger charge is -2.20. The van der Waals surface area contributed by atoms with E-state index in [1.165, 1.54) is 31.2 Å². The zero-order chi connectivity index (χ0) is 15.3. The van der Waals surface area contributed by atoms with Crippen LogP contribution in [-0.2, 0) is 10.0 Å². The number of aromatic nitrogens is 1. The molecule has 1 aliphatic heterocycles. The Balaban J connectivity index is 1.89. The average Bonchev–Trinajstić information content (AvgIpc) is 2.98. The standard InChI is InChI=1S/C14H20N4O2S/c1-12(11-18-6-2-3-7-18)9-17-21(19,20)14-5-4-13(8-15)16-10-14/h4-5,10,12,17H,2-3,6-7,9,11H2,1H3. The number of sulfonamides is 1. The van der Waals surface area contributed by atoms with E-state index in [1.54, 1.807) is 0 Å². The summed E-state index contributed by atoms with van der Waals surface area (Å²) >= 11 is 0. The molecule has 0 bridgehead atoms. The molecule has 2 rings (SSSR count). The summed E-state index contributed by atoms with van der Waals surface area (Å²) in [5.74, 6) is 0.254. The van der Waals surface area contributed by atoms with Crippen LogP contribution in [0.4, 0.5) is 0 Å². The number of nitrogens with one attached hydrogen (secondary N) is 1. The third-order valence-electron chi connectivity index (χ3n) is 3.55. The lowest BCUT2D eigenvalue weighted by atomic mass is 10.2. The summed E-state index contributed by atoms with van der Waals surface area (Å²) in [6, 6.07) is 4.67. The number of nitrogens with zero attached hydrogens (tertiary/aromatic N) is 3. The van der Waals surface area contributed by atoms with Gasteiger partial charge in [0.05, 0.1) is 0 Å². The second kappa shape index (κ2) is 6.98. The first-order chi connectivity index (χ1) is 10.0. The largest absolute Gasteiger partial charge is 0.303 e. The van der Waals surface area contributed by atoms with Crippen molar-refractivity contribution in [3.63, 3.8) is 0 Å². The Morgan fingerprint density at radius 2 is 2.14 bits per heavy atom. The van der Waals surface area contributed by atoms with Crippen LogP contribution in [0.3, 0.4) is 0 Å². The molecule has 2 heterocycles. The van der Waals surface area contributed by atoms with E-state index in [2.05, 4.69) is 14.6 Å². The number of rotatable bonds is 6. The first-order valence-corrected chi connectivity index (χ1v) is 8.58. The molecule has 0 radical (unpaired) electrons. The third kappa shape index (κ3) is 4.49. The van der Waals surface area contributed by atoms with Crippen LogP contribution >= 0.6 is 0 Å². The number of nitriles is 1. The molecule has 1 aliphatic rings. The molecular formula is C14H20N4O2S. The van der Waals surface area contributed by atoms with E-state index in [0.29, 0.717) is 6.54 Å². The number of hydrogen-bond donors (Lipinski definition) is 1. The molecular weight excluding hydrogens is 288 g/mol. The van der Waals surface area contributed by atoms with Gasteiger partial charge in [0.1, 0.15) is 16.7 Å². The van der Waals surface area contributed by atoms with Gasteiger partial charge in [-0.1, -0.05) is 6.92 Å². The molecule has 0 aromatic carbocycles. The maximum absolute atomic E-state index is 12.1. The van der Waals surface area contributed by atoms with E-state index >= 15 is 0 Å². The molecule has 1 N–H and O–H groups in total. The molecule has 0 saturated carbocycles. The fourth-order valence-electron chi connectivity index (χ4n) is 2.41. The van der Waals surface area contributed by atoms with Crippen LogP contribution in [0.25, 0.3) is 0 Å². The van der Waals surface area contributed by atoms with Gasteiger partial charge in [-0.3, -0.25) is 0 Å². The van der Waals surface area contributed by atoms with Gasteiger partial charge in [-0.25, -0.2) is 18.1 Å². The van der Waals surface area contributed by atoms with Crippen molar-refractivity contribution in [3.8, 4) is 6.07 Å². The molecule has 0 spiro atoms.